The normalized spacial score (nSPS) is 18.9. The van der Waals surface area contributed by atoms with E-state index in [1.165, 1.54) is 0 Å². The zero-order valence-electron chi connectivity index (χ0n) is 11.3. The molecule has 2 N–H and O–H groups in total. The summed E-state index contributed by atoms with van der Waals surface area (Å²) in [6.07, 6.45) is 3.56. The van der Waals surface area contributed by atoms with Crippen molar-refractivity contribution < 1.29 is 9.59 Å². The zero-order valence-corrected chi connectivity index (χ0v) is 12.9. The van der Waals surface area contributed by atoms with Crippen LogP contribution in [0.1, 0.15) is 31.2 Å². The van der Waals surface area contributed by atoms with Gasteiger partial charge in [-0.05, 0) is 37.0 Å². The maximum Gasteiger partial charge on any atom is 0.227 e. The van der Waals surface area contributed by atoms with Crippen LogP contribution in [0.15, 0.2) is 28.7 Å². The molecule has 1 atom stereocenters. The largest absolute Gasteiger partial charge is 0.370 e. The number of nitrogens with zero attached hydrogens (tertiary/aromatic N) is 1. The van der Waals surface area contributed by atoms with E-state index in [9.17, 15) is 9.59 Å². The van der Waals surface area contributed by atoms with Crippen LogP contribution in [0.5, 0.6) is 0 Å². The van der Waals surface area contributed by atoms with Gasteiger partial charge in [-0.3, -0.25) is 9.59 Å². The van der Waals surface area contributed by atoms with Gasteiger partial charge in [0.15, 0.2) is 0 Å². The minimum atomic E-state index is -0.336. The predicted molar refractivity (Wildman–Crippen MR) is 81.0 cm³/mol. The minimum absolute atomic E-state index is 0.0269. The Morgan fingerprint density at radius 3 is 2.85 bits per heavy atom. The number of nitrogens with two attached hydrogens (primary N) is 1. The molecule has 1 heterocycles. The van der Waals surface area contributed by atoms with Crippen LogP contribution in [-0.4, -0.2) is 29.3 Å². The molecule has 108 valence electrons. The van der Waals surface area contributed by atoms with Crippen LogP contribution >= 0.6 is 15.9 Å². The van der Waals surface area contributed by atoms with Gasteiger partial charge in [0.1, 0.15) is 0 Å². The molecule has 0 bridgehead atoms. The van der Waals surface area contributed by atoms with Crippen molar-refractivity contribution >= 4 is 27.7 Å². The number of piperidine rings is 1. The lowest BCUT2D eigenvalue weighted by atomic mass is 9.98. The lowest BCUT2D eigenvalue weighted by molar-refractivity contribution is -0.135. The summed E-state index contributed by atoms with van der Waals surface area (Å²) in [5, 5.41) is 0. The van der Waals surface area contributed by atoms with Gasteiger partial charge in [-0.15, -0.1) is 0 Å². The van der Waals surface area contributed by atoms with Gasteiger partial charge in [-0.25, -0.2) is 0 Å². The summed E-state index contributed by atoms with van der Waals surface area (Å²) in [5.41, 5.74) is 6.25. The number of primary amides is 1. The van der Waals surface area contributed by atoms with E-state index in [0.717, 1.165) is 35.8 Å². The van der Waals surface area contributed by atoms with Crippen LogP contribution in [0.4, 0.5) is 0 Å². The Hall–Kier alpha value is -1.36. The Bertz CT molecular complexity index is 504. The molecule has 1 aliphatic rings. The number of carbonyl (C=O) groups is 2. The van der Waals surface area contributed by atoms with E-state index in [1.54, 1.807) is 0 Å². The first kappa shape index (κ1) is 15.0. The Morgan fingerprint density at radius 1 is 1.35 bits per heavy atom. The molecule has 0 spiro atoms. The monoisotopic (exact) mass is 338 g/mol. The summed E-state index contributed by atoms with van der Waals surface area (Å²) in [6, 6.07) is 7.72. The van der Waals surface area contributed by atoms with Crippen LogP contribution in [0, 0.1) is 0 Å². The van der Waals surface area contributed by atoms with Crippen molar-refractivity contribution in [1.82, 2.24) is 4.90 Å². The first-order chi connectivity index (χ1) is 9.56. The van der Waals surface area contributed by atoms with E-state index in [2.05, 4.69) is 15.9 Å². The highest BCUT2D eigenvalue weighted by molar-refractivity contribution is 9.10. The van der Waals surface area contributed by atoms with Crippen molar-refractivity contribution in [2.45, 2.75) is 38.1 Å². The van der Waals surface area contributed by atoms with Crippen LogP contribution in [0.25, 0.3) is 0 Å². The van der Waals surface area contributed by atoms with Crippen LogP contribution in [0.3, 0.4) is 0 Å². The summed E-state index contributed by atoms with van der Waals surface area (Å²) in [4.78, 5) is 25.4. The highest BCUT2D eigenvalue weighted by atomic mass is 79.9. The number of halogens is 1. The van der Waals surface area contributed by atoms with E-state index in [0.29, 0.717) is 6.42 Å². The topological polar surface area (TPSA) is 63.4 Å². The van der Waals surface area contributed by atoms with Crippen molar-refractivity contribution in [3.05, 3.63) is 34.3 Å². The molecule has 2 rings (SSSR count). The van der Waals surface area contributed by atoms with E-state index in [-0.39, 0.29) is 24.3 Å². The molecule has 1 aromatic carbocycles. The molecule has 0 aromatic heterocycles. The fourth-order valence-corrected chi connectivity index (χ4v) is 3.14. The van der Waals surface area contributed by atoms with Gasteiger partial charge >= 0.3 is 0 Å². The average Bonchev–Trinajstić information content (AvgIpc) is 2.38. The maximum absolute atomic E-state index is 12.4. The number of amides is 2. The van der Waals surface area contributed by atoms with Crippen LogP contribution in [0.2, 0.25) is 0 Å². The Kier molecular flexibility index (Phi) is 5.17. The second-order valence-electron chi connectivity index (χ2n) is 5.21. The second kappa shape index (κ2) is 6.88. The fraction of sp³-hybridized carbons (Fsp3) is 0.467. The molecular formula is C15H19BrN2O2. The lowest BCUT2D eigenvalue weighted by Gasteiger charge is -2.35. The molecule has 5 heteroatoms. The zero-order chi connectivity index (χ0) is 14.5. The van der Waals surface area contributed by atoms with E-state index in [1.807, 2.05) is 29.2 Å². The number of rotatable bonds is 4. The Morgan fingerprint density at radius 2 is 2.15 bits per heavy atom. The third-order valence-electron chi connectivity index (χ3n) is 3.63. The molecule has 0 aliphatic carbocycles. The number of hydrogen-bond donors (Lipinski definition) is 1. The van der Waals surface area contributed by atoms with Crippen molar-refractivity contribution in [2.75, 3.05) is 6.54 Å². The second-order valence-corrected chi connectivity index (χ2v) is 6.13. The molecule has 0 radical (unpaired) electrons. The first-order valence-electron chi connectivity index (χ1n) is 6.88. The van der Waals surface area contributed by atoms with Gasteiger partial charge in [0, 0.05) is 23.5 Å². The van der Waals surface area contributed by atoms with E-state index >= 15 is 0 Å². The SMILES string of the molecule is NC(=O)C[C@H]1CCCCN1C(=O)Cc1cccc(Br)c1. The molecule has 2 amide bonds. The molecule has 1 aliphatic heterocycles. The number of carbonyl (C=O) groups excluding carboxylic acids is 2. The fourth-order valence-electron chi connectivity index (χ4n) is 2.70. The average molecular weight is 339 g/mol. The van der Waals surface area contributed by atoms with Gasteiger partial charge in [-0.1, -0.05) is 28.1 Å². The van der Waals surface area contributed by atoms with E-state index in [4.69, 9.17) is 5.73 Å². The van der Waals surface area contributed by atoms with Gasteiger partial charge in [0.05, 0.1) is 6.42 Å². The molecule has 4 nitrogen and oxygen atoms in total. The smallest absolute Gasteiger partial charge is 0.227 e. The van der Waals surface area contributed by atoms with Gasteiger partial charge in [0.25, 0.3) is 0 Å². The molecule has 1 saturated heterocycles. The molecule has 1 aromatic rings. The summed E-state index contributed by atoms with van der Waals surface area (Å²) >= 11 is 3.41. The number of hydrogen-bond acceptors (Lipinski definition) is 2. The van der Waals surface area contributed by atoms with Gasteiger partial charge in [-0.2, -0.15) is 0 Å². The molecule has 0 saturated carbocycles. The third-order valence-corrected chi connectivity index (χ3v) is 4.12. The lowest BCUT2D eigenvalue weighted by Crippen LogP contribution is -2.46. The molecule has 0 unspecified atom stereocenters. The van der Waals surface area contributed by atoms with Gasteiger partial charge in [0.2, 0.25) is 11.8 Å². The summed E-state index contributed by atoms with van der Waals surface area (Å²) < 4.78 is 0.968. The molecule has 1 fully saturated rings. The van der Waals surface area contributed by atoms with Crippen LogP contribution in [-0.2, 0) is 16.0 Å². The third kappa shape index (κ3) is 4.07. The number of benzene rings is 1. The molecular weight excluding hydrogens is 320 g/mol. The Labute approximate surface area is 127 Å². The highest BCUT2D eigenvalue weighted by Gasteiger charge is 2.27. The minimum Gasteiger partial charge on any atom is -0.370 e. The van der Waals surface area contributed by atoms with Gasteiger partial charge < -0.3 is 10.6 Å². The number of likely N-dealkylation sites (tertiary alicyclic amines) is 1. The first-order valence-corrected chi connectivity index (χ1v) is 7.68. The predicted octanol–water partition coefficient (Wildman–Crippen LogP) is 2.25. The Balaban J connectivity index is 2.04. The van der Waals surface area contributed by atoms with Crippen LogP contribution < -0.4 is 5.73 Å². The highest BCUT2D eigenvalue weighted by Crippen LogP contribution is 2.21. The van der Waals surface area contributed by atoms with Crippen molar-refractivity contribution in [1.29, 1.82) is 0 Å². The summed E-state index contributed by atoms with van der Waals surface area (Å²) in [5.74, 6) is -0.258. The summed E-state index contributed by atoms with van der Waals surface area (Å²) in [7, 11) is 0. The van der Waals surface area contributed by atoms with Crippen molar-refractivity contribution in [2.24, 2.45) is 5.73 Å². The summed E-state index contributed by atoms with van der Waals surface area (Å²) in [6.45, 7) is 0.727. The maximum atomic E-state index is 12.4. The van der Waals surface area contributed by atoms with Crippen molar-refractivity contribution in [3.8, 4) is 0 Å². The van der Waals surface area contributed by atoms with E-state index < -0.39 is 0 Å². The standard InChI is InChI=1S/C15H19BrN2O2/c16-12-5-3-4-11(8-12)9-15(20)18-7-2-1-6-13(18)10-14(17)19/h3-5,8,13H,1-2,6-7,9-10H2,(H2,17,19)/t13-/m1/s1. The van der Waals surface area contributed by atoms with Crippen molar-refractivity contribution in [3.63, 3.8) is 0 Å². The quantitative estimate of drug-likeness (QED) is 0.914. The molecule has 20 heavy (non-hydrogen) atoms.